The molecule has 2 heterocycles. The first-order valence-electron chi connectivity index (χ1n) is 7.99. The molecule has 0 radical (unpaired) electrons. The highest BCUT2D eigenvalue weighted by atomic mass is 19.1. The van der Waals surface area contributed by atoms with Crippen LogP contribution in [0.5, 0.6) is 0 Å². The summed E-state index contributed by atoms with van der Waals surface area (Å²) in [5.41, 5.74) is 1.48. The van der Waals surface area contributed by atoms with Gasteiger partial charge in [0, 0.05) is 26.3 Å². The van der Waals surface area contributed by atoms with Gasteiger partial charge in [-0.2, -0.15) is 0 Å². The molecule has 1 N–H and O–H groups in total. The molecule has 0 saturated carbocycles. The van der Waals surface area contributed by atoms with Crippen molar-refractivity contribution in [3.63, 3.8) is 0 Å². The lowest BCUT2D eigenvalue weighted by molar-refractivity contribution is 0.0693. The Balaban J connectivity index is 1.62. The largest absolute Gasteiger partial charge is 0.478 e. The number of benzene rings is 1. The van der Waals surface area contributed by atoms with Crippen LogP contribution >= 0.6 is 0 Å². The molecular weight excluding hydrogens is 285 g/mol. The van der Waals surface area contributed by atoms with E-state index in [-0.39, 0.29) is 11.4 Å². The Hall–Kier alpha value is -1.46. The minimum Gasteiger partial charge on any atom is -0.478 e. The van der Waals surface area contributed by atoms with Crippen molar-refractivity contribution in [2.45, 2.75) is 32.2 Å². The third-order valence-electron chi connectivity index (χ3n) is 4.77. The first-order chi connectivity index (χ1) is 10.6. The number of ether oxygens (including phenoxy) is 1. The Morgan fingerprint density at radius 1 is 1.41 bits per heavy atom. The molecule has 1 saturated heterocycles. The lowest BCUT2D eigenvalue weighted by Gasteiger charge is -2.30. The number of aromatic carboxylic acids is 1. The van der Waals surface area contributed by atoms with Gasteiger partial charge in [-0.1, -0.05) is 0 Å². The van der Waals surface area contributed by atoms with E-state index in [4.69, 9.17) is 4.74 Å². The van der Waals surface area contributed by atoms with E-state index in [0.717, 1.165) is 45.6 Å². The predicted octanol–water partition coefficient (Wildman–Crippen LogP) is 2.70. The van der Waals surface area contributed by atoms with Crippen molar-refractivity contribution >= 4 is 5.97 Å². The Labute approximate surface area is 129 Å². The van der Waals surface area contributed by atoms with Gasteiger partial charge >= 0.3 is 5.97 Å². The molecule has 0 spiro atoms. The number of fused-ring (bicyclic) bond motifs is 1. The molecule has 4 nitrogen and oxygen atoms in total. The normalized spacial score (nSPS) is 21.8. The summed E-state index contributed by atoms with van der Waals surface area (Å²) in [7, 11) is 0. The zero-order valence-electron chi connectivity index (χ0n) is 12.7. The van der Waals surface area contributed by atoms with Crippen molar-refractivity contribution in [3.8, 4) is 0 Å². The fourth-order valence-electron chi connectivity index (χ4n) is 3.49. The number of halogens is 1. The van der Waals surface area contributed by atoms with Crippen LogP contribution in [-0.4, -0.2) is 42.3 Å². The molecule has 1 atom stereocenters. The fraction of sp³-hybridized carbons (Fsp3) is 0.588. The molecule has 0 aliphatic carbocycles. The van der Waals surface area contributed by atoms with Gasteiger partial charge in [0.05, 0.1) is 5.56 Å². The predicted molar refractivity (Wildman–Crippen MR) is 80.5 cm³/mol. The Morgan fingerprint density at radius 3 is 3.00 bits per heavy atom. The number of hydrogen-bond donors (Lipinski definition) is 1. The van der Waals surface area contributed by atoms with E-state index in [9.17, 15) is 14.3 Å². The average molecular weight is 307 g/mol. The van der Waals surface area contributed by atoms with Crippen LogP contribution < -0.4 is 0 Å². The van der Waals surface area contributed by atoms with Crippen molar-refractivity contribution < 1.29 is 19.0 Å². The third-order valence-corrected chi connectivity index (χ3v) is 4.77. The summed E-state index contributed by atoms with van der Waals surface area (Å²) in [6.45, 7) is 4.02. The van der Waals surface area contributed by atoms with Crippen LogP contribution in [0.4, 0.5) is 4.39 Å². The zero-order valence-corrected chi connectivity index (χ0v) is 12.7. The molecule has 0 aromatic heterocycles. The van der Waals surface area contributed by atoms with E-state index in [2.05, 4.69) is 4.90 Å². The van der Waals surface area contributed by atoms with Crippen LogP contribution in [0.3, 0.4) is 0 Å². The first kappa shape index (κ1) is 15.4. The Bertz CT molecular complexity index is 555. The Morgan fingerprint density at radius 2 is 2.27 bits per heavy atom. The number of carboxylic acids is 1. The van der Waals surface area contributed by atoms with Crippen LogP contribution in [0.2, 0.25) is 0 Å². The van der Waals surface area contributed by atoms with E-state index >= 15 is 0 Å². The molecular formula is C17H22FNO3. The fourth-order valence-corrected chi connectivity index (χ4v) is 3.49. The molecule has 1 aromatic rings. The van der Waals surface area contributed by atoms with Crippen LogP contribution in [0.15, 0.2) is 12.1 Å². The van der Waals surface area contributed by atoms with E-state index in [1.165, 1.54) is 12.1 Å². The molecule has 1 fully saturated rings. The van der Waals surface area contributed by atoms with E-state index in [1.807, 2.05) is 0 Å². The number of carbonyl (C=O) groups is 1. The summed E-state index contributed by atoms with van der Waals surface area (Å²) in [6.07, 6.45) is 3.98. The second kappa shape index (κ2) is 6.75. The molecule has 5 heteroatoms. The smallest absolute Gasteiger partial charge is 0.336 e. The zero-order chi connectivity index (χ0) is 15.5. The van der Waals surface area contributed by atoms with Gasteiger partial charge in [-0.05, 0) is 61.4 Å². The molecule has 1 aromatic carbocycles. The maximum Gasteiger partial charge on any atom is 0.336 e. The van der Waals surface area contributed by atoms with Crippen LogP contribution in [0.25, 0.3) is 0 Å². The monoisotopic (exact) mass is 307 g/mol. The lowest BCUT2D eigenvalue weighted by atomic mass is 9.94. The van der Waals surface area contributed by atoms with Gasteiger partial charge in [0.2, 0.25) is 0 Å². The minimum absolute atomic E-state index is 0.241. The summed E-state index contributed by atoms with van der Waals surface area (Å²) in [6, 6.07) is 2.66. The maximum absolute atomic E-state index is 13.9. The second-order valence-corrected chi connectivity index (χ2v) is 6.26. The molecule has 120 valence electrons. The minimum atomic E-state index is -0.971. The highest BCUT2D eigenvalue weighted by Crippen LogP contribution is 2.26. The quantitative estimate of drug-likeness (QED) is 0.908. The van der Waals surface area contributed by atoms with Gasteiger partial charge in [0.25, 0.3) is 0 Å². The molecule has 2 aliphatic rings. The maximum atomic E-state index is 13.9. The standard InChI is InChI=1S/C17H22FNO3/c18-16-4-3-14(17(20)21)15-10-19(8-5-13(15)16)7-1-2-12-6-9-22-11-12/h3-4,12H,1-2,5-11H2,(H,20,21). The van der Waals surface area contributed by atoms with Gasteiger partial charge in [0.15, 0.2) is 0 Å². The van der Waals surface area contributed by atoms with Crippen molar-refractivity contribution in [2.75, 3.05) is 26.3 Å². The van der Waals surface area contributed by atoms with E-state index in [0.29, 0.717) is 30.0 Å². The van der Waals surface area contributed by atoms with Gasteiger partial charge in [-0.25, -0.2) is 9.18 Å². The van der Waals surface area contributed by atoms with Crippen LogP contribution in [0, 0.1) is 11.7 Å². The van der Waals surface area contributed by atoms with Crippen molar-refractivity contribution in [3.05, 3.63) is 34.6 Å². The summed E-state index contributed by atoms with van der Waals surface area (Å²) in [5.74, 6) is -0.576. The van der Waals surface area contributed by atoms with Gasteiger partial charge in [-0.15, -0.1) is 0 Å². The second-order valence-electron chi connectivity index (χ2n) is 6.26. The number of rotatable bonds is 5. The van der Waals surface area contributed by atoms with Crippen LogP contribution in [-0.2, 0) is 17.7 Å². The Kier molecular flexibility index (Phi) is 4.74. The SMILES string of the molecule is O=C(O)c1ccc(F)c2c1CN(CCCC1CCOC1)CC2. The molecule has 1 unspecified atom stereocenters. The summed E-state index contributed by atoms with van der Waals surface area (Å²) in [4.78, 5) is 13.6. The van der Waals surface area contributed by atoms with Crippen molar-refractivity contribution in [1.29, 1.82) is 0 Å². The number of nitrogens with zero attached hydrogens (tertiary/aromatic N) is 1. The van der Waals surface area contributed by atoms with Gasteiger partial charge in [0.1, 0.15) is 5.82 Å². The summed E-state index contributed by atoms with van der Waals surface area (Å²) >= 11 is 0. The topological polar surface area (TPSA) is 49.8 Å². The van der Waals surface area contributed by atoms with E-state index in [1.54, 1.807) is 0 Å². The molecule has 0 amide bonds. The average Bonchev–Trinajstić information content (AvgIpc) is 3.00. The summed E-state index contributed by atoms with van der Waals surface area (Å²) in [5, 5.41) is 9.28. The van der Waals surface area contributed by atoms with Gasteiger partial charge < -0.3 is 9.84 Å². The highest BCUT2D eigenvalue weighted by Gasteiger charge is 2.24. The number of hydrogen-bond acceptors (Lipinski definition) is 3. The molecule has 22 heavy (non-hydrogen) atoms. The number of carboxylic acid groups (broad SMARTS) is 1. The van der Waals surface area contributed by atoms with Crippen LogP contribution in [0.1, 0.15) is 40.7 Å². The van der Waals surface area contributed by atoms with Crippen molar-refractivity contribution in [1.82, 2.24) is 4.90 Å². The van der Waals surface area contributed by atoms with Gasteiger partial charge in [-0.3, -0.25) is 4.90 Å². The lowest BCUT2D eigenvalue weighted by Crippen LogP contribution is -2.33. The first-order valence-corrected chi connectivity index (χ1v) is 7.99. The summed E-state index contributed by atoms with van der Waals surface area (Å²) < 4.78 is 19.3. The molecule has 0 bridgehead atoms. The third kappa shape index (κ3) is 3.31. The van der Waals surface area contributed by atoms with E-state index < -0.39 is 5.97 Å². The molecule has 2 aliphatic heterocycles. The highest BCUT2D eigenvalue weighted by molar-refractivity contribution is 5.89. The van der Waals surface area contributed by atoms with Crippen molar-refractivity contribution in [2.24, 2.45) is 5.92 Å². The molecule has 3 rings (SSSR count).